The van der Waals surface area contributed by atoms with E-state index in [1.807, 2.05) is 0 Å². The Labute approximate surface area is 100 Å². The highest BCUT2D eigenvalue weighted by Crippen LogP contribution is 2.26. The summed E-state index contributed by atoms with van der Waals surface area (Å²) in [6.07, 6.45) is -0.385. The minimum absolute atomic E-state index is 0.134. The Kier molecular flexibility index (Phi) is 3.54. The number of nitrogens with zero attached hydrogens (tertiary/aromatic N) is 1. The first-order valence-corrected chi connectivity index (χ1v) is 5.86. The van der Waals surface area contributed by atoms with Gasteiger partial charge in [-0.05, 0) is 34.5 Å². The van der Waals surface area contributed by atoms with Crippen molar-refractivity contribution < 1.29 is 13.2 Å². The highest BCUT2D eigenvalue weighted by molar-refractivity contribution is 9.10. The predicted molar refractivity (Wildman–Crippen MR) is 58.8 cm³/mol. The Morgan fingerprint density at radius 1 is 1.31 bits per heavy atom. The first kappa shape index (κ1) is 11.9. The van der Waals surface area contributed by atoms with Gasteiger partial charge >= 0.3 is 0 Å². The Morgan fingerprint density at radius 3 is 2.62 bits per heavy atom. The monoisotopic (exact) mass is 293 g/mol. The molecule has 0 spiro atoms. The lowest BCUT2D eigenvalue weighted by atomic mass is 10.2. The van der Waals surface area contributed by atoms with Gasteiger partial charge in [0, 0.05) is 25.2 Å². The molecule has 0 amide bonds. The van der Waals surface area contributed by atoms with Gasteiger partial charge in [0.1, 0.15) is 17.8 Å². The van der Waals surface area contributed by atoms with Gasteiger partial charge in [0.2, 0.25) is 0 Å². The highest BCUT2D eigenvalue weighted by Gasteiger charge is 2.23. The highest BCUT2D eigenvalue weighted by atomic mass is 79.9. The van der Waals surface area contributed by atoms with Crippen LogP contribution in [-0.2, 0) is 6.54 Å². The van der Waals surface area contributed by atoms with Gasteiger partial charge in [-0.15, -0.1) is 0 Å². The molecule has 0 aromatic heterocycles. The lowest BCUT2D eigenvalue weighted by Gasteiger charge is -2.16. The van der Waals surface area contributed by atoms with Crippen LogP contribution < -0.4 is 0 Å². The Hall–Kier alpha value is -0.550. The molecule has 0 aliphatic carbocycles. The SMILES string of the molecule is Fc1ccc(F)c(CN2CCC(F)C2)c1Br. The molecule has 1 aromatic carbocycles. The van der Waals surface area contributed by atoms with Crippen molar-refractivity contribution in [3.05, 3.63) is 33.8 Å². The minimum atomic E-state index is -0.851. The lowest BCUT2D eigenvalue weighted by molar-refractivity contribution is 0.278. The maximum absolute atomic E-state index is 13.5. The van der Waals surface area contributed by atoms with Crippen molar-refractivity contribution in [2.75, 3.05) is 13.1 Å². The van der Waals surface area contributed by atoms with Crippen LogP contribution in [0.25, 0.3) is 0 Å². The summed E-state index contributed by atoms with van der Waals surface area (Å²) in [4.78, 5) is 1.78. The average Bonchev–Trinajstić information content (AvgIpc) is 2.65. The van der Waals surface area contributed by atoms with Gasteiger partial charge in [0.25, 0.3) is 0 Å². The van der Waals surface area contributed by atoms with Crippen LogP contribution in [0.5, 0.6) is 0 Å². The maximum Gasteiger partial charge on any atom is 0.137 e. The third-order valence-corrected chi connectivity index (χ3v) is 3.59. The smallest absolute Gasteiger partial charge is 0.137 e. The molecule has 16 heavy (non-hydrogen) atoms. The van der Waals surface area contributed by atoms with Gasteiger partial charge in [-0.3, -0.25) is 4.90 Å². The Balaban J connectivity index is 2.18. The van der Waals surface area contributed by atoms with Crippen LogP contribution in [-0.4, -0.2) is 24.2 Å². The van der Waals surface area contributed by atoms with E-state index in [0.29, 0.717) is 19.5 Å². The van der Waals surface area contributed by atoms with Gasteiger partial charge in [0.05, 0.1) is 4.47 Å². The van der Waals surface area contributed by atoms with Crippen molar-refractivity contribution in [1.82, 2.24) is 4.90 Å². The van der Waals surface area contributed by atoms with E-state index in [1.165, 1.54) is 0 Å². The van der Waals surface area contributed by atoms with Crippen molar-refractivity contribution in [2.45, 2.75) is 19.1 Å². The van der Waals surface area contributed by atoms with Crippen LogP contribution in [0.15, 0.2) is 16.6 Å². The molecule has 1 saturated heterocycles. The van der Waals surface area contributed by atoms with E-state index in [1.54, 1.807) is 4.90 Å². The molecule has 0 N–H and O–H groups in total. The van der Waals surface area contributed by atoms with E-state index in [-0.39, 0.29) is 16.6 Å². The fourth-order valence-electron chi connectivity index (χ4n) is 1.87. The van der Waals surface area contributed by atoms with E-state index in [4.69, 9.17) is 0 Å². The van der Waals surface area contributed by atoms with Crippen LogP contribution in [0.2, 0.25) is 0 Å². The van der Waals surface area contributed by atoms with Crippen molar-refractivity contribution in [3.63, 3.8) is 0 Å². The van der Waals surface area contributed by atoms with Gasteiger partial charge in [-0.25, -0.2) is 13.2 Å². The van der Waals surface area contributed by atoms with E-state index < -0.39 is 17.8 Å². The van der Waals surface area contributed by atoms with E-state index in [0.717, 1.165) is 12.1 Å². The number of hydrogen-bond acceptors (Lipinski definition) is 1. The molecular weight excluding hydrogens is 283 g/mol. The van der Waals surface area contributed by atoms with Crippen LogP contribution in [0, 0.1) is 11.6 Å². The minimum Gasteiger partial charge on any atom is -0.296 e. The Bertz CT molecular complexity index is 397. The quantitative estimate of drug-likeness (QED) is 0.757. The summed E-state index contributed by atoms with van der Waals surface area (Å²) in [5, 5.41) is 0. The molecule has 5 heteroatoms. The molecule has 88 valence electrons. The maximum atomic E-state index is 13.5. The summed E-state index contributed by atoms with van der Waals surface area (Å²) in [6, 6.07) is 2.17. The molecule has 0 radical (unpaired) electrons. The molecule has 1 nitrogen and oxygen atoms in total. The predicted octanol–water partition coefficient (Wildman–Crippen LogP) is 3.27. The summed E-state index contributed by atoms with van der Waals surface area (Å²) in [7, 11) is 0. The topological polar surface area (TPSA) is 3.24 Å². The number of benzene rings is 1. The number of alkyl halides is 1. The second-order valence-electron chi connectivity index (χ2n) is 3.94. The number of hydrogen-bond donors (Lipinski definition) is 0. The van der Waals surface area contributed by atoms with Crippen LogP contribution >= 0.6 is 15.9 Å². The standard InChI is InChI=1S/C11H11BrF3N/c12-11-8(9(14)1-2-10(11)15)6-16-4-3-7(13)5-16/h1-2,7H,3-6H2. The summed E-state index contributed by atoms with van der Waals surface area (Å²) in [5.74, 6) is -0.956. The largest absolute Gasteiger partial charge is 0.296 e. The normalized spacial score (nSPS) is 21.6. The molecule has 1 unspecified atom stereocenters. The zero-order valence-electron chi connectivity index (χ0n) is 8.52. The molecule has 1 fully saturated rings. The van der Waals surface area contributed by atoms with Crippen LogP contribution in [0.3, 0.4) is 0 Å². The molecule has 1 aliphatic rings. The fourth-order valence-corrected chi connectivity index (χ4v) is 2.31. The number of rotatable bonds is 2. The molecule has 0 saturated carbocycles. The van der Waals surface area contributed by atoms with Crippen molar-refractivity contribution in [2.24, 2.45) is 0 Å². The van der Waals surface area contributed by atoms with E-state index in [9.17, 15) is 13.2 Å². The number of likely N-dealkylation sites (tertiary alicyclic amines) is 1. The van der Waals surface area contributed by atoms with Crippen LogP contribution in [0.1, 0.15) is 12.0 Å². The average molecular weight is 294 g/mol. The summed E-state index contributed by atoms with van der Waals surface area (Å²) < 4.78 is 39.7. The first-order valence-electron chi connectivity index (χ1n) is 5.06. The van der Waals surface area contributed by atoms with Crippen molar-refractivity contribution in [1.29, 1.82) is 0 Å². The molecular formula is C11H11BrF3N. The van der Waals surface area contributed by atoms with Gasteiger partial charge in [-0.2, -0.15) is 0 Å². The van der Waals surface area contributed by atoms with Gasteiger partial charge in [0.15, 0.2) is 0 Å². The van der Waals surface area contributed by atoms with Gasteiger partial charge < -0.3 is 0 Å². The molecule has 0 bridgehead atoms. The Morgan fingerprint density at radius 2 is 2.00 bits per heavy atom. The summed E-state index contributed by atoms with van der Waals surface area (Å²) in [6.45, 7) is 1.12. The van der Waals surface area contributed by atoms with E-state index >= 15 is 0 Å². The van der Waals surface area contributed by atoms with E-state index in [2.05, 4.69) is 15.9 Å². The zero-order chi connectivity index (χ0) is 11.7. The number of halogens is 4. The van der Waals surface area contributed by atoms with Crippen LogP contribution in [0.4, 0.5) is 13.2 Å². The van der Waals surface area contributed by atoms with Crippen molar-refractivity contribution >= 4 is 15.9 Å². The first-order chi connectivity index (χ1) is 7.58. The fraction of sp³-hybridized carbons (Fsp3) is 0.455. The lowest BCUT2D eigenvalue weighted by Crippen LogP contribution is -2.21. The third kappa shape index (κ3) is 2.40. The summed E-state index contributed by atoms with van der Waals surface area (Å²) in [5.41, 5.74) is 0.258. The molecule has 1 aliphatic heterocycles. The molecule has 1 atom stereocenters. The molecule has 2 rings (SSSR count). The van der Waals surface area contributed by atoms with Gasteiger partial charge in [-0.1, -0.05) is 0 Å². The second-order valence-corrected chi connectivity index (χ2v) is 4.74. The second kappa shape index (κ2) is 4.75. The molecule has 1 heterocycles. The third-order valence-electron chi connectivity index (χ3n) is 2.74. The summed E-state index contributed by atoms with van der Waals surface area (Å²) >= 11 is 3.02. The van der Waals surface area contributed by atoms with Crippen molar-refractivity contribution in [3.8, 4) is 0 Å². The zero-order valence-corrected chi connectivity index (χ0v) is 10.1. The molecule has 1 aromatic rings.